The van der Waals surface area contributed by atoms with Crippen molar-refractivity contribution in [3.05, 3.63) is 28.3 Å². The van der Waals surface area contributed by atoms with Gasteiger partial charge in [0.1, 0.15) is 11.4 Å². The van der Waals surface area contributed by atoms with Crippen LogP contribution in [0.15, 0.2) is 18.2 Å². The predicted octanol–water partition coefficient (Wildman–Crippen LogP) is 6.12. The van der Waals surface area contributed by atoms with Crippen LogP contribution >= 0.6 is 12.2 Å². The fourth-order valence-electron chi connectivity index (χ4n) is 3.19. The van der Waals surface area contributed by atoms with Crippen LogP contribution < -0.4 is 15.4 Å². The number of carbonyl (C=O) groups is 1. The first kappa shape index (κ1) is 25.8. The molecule has 1 aromatic carbocycles. The Hall–Kier alpha value is -2.22. The molecule has 7 nitrogen and oxygen atoms in total. The lowest BCUT2D eigenvalue weighted by Gasteiger charge is -2.10. The van der Waals surface area contributed by atoms with Crippen LogP contribution in [-0.2, 0) is 4.79 Å². The minimum Gasteiger partial charge on any atom is -0.496 e. The molecule has 0 aliphatic carbocycles. The zero-order valence-corrected chi connectivity index (χ0v) is 19.0. The number of amides is 1. The molecule has 0 saturated heterocycles. The quantitative estimate of drug-likeness (QED) is 0.149. The van der Waals surface area contributed by atoms with Gasteiger partial charge >= 0.3 is 0 Å². The van der Waals surface area contributed by atoms with Crippen molar-refractivity contribution >= 4 is 34.6 Å². The summed E-state index contributed by atoms with van der Waals surface area (Å²) < 4.78 is 5.00. The van der Waals surface area contributed by atoms with E-state index in [4.69, 9.17) is 17.0 Å². The molecule has 0 unspecified atom stereocenters. The van der Waals surface area contributed by atoms with Gasteiger partial charge in [0.05, 0.1) is 18.1 Å². The molecule has 0 fully saturated rings. The Labute approximate surface area is 185 Å². The molecule has 1 rings (SSSR count). The Morgan fingerprint density at radius 1 is 1.03 bits per heavy atom. The molecule has 30 heavy (non-hydrogen) atoms. The first-order valence-corrected chi connectivity index (χ1v) is 11.3. The summed E-state index contributed by atoms with van der Waals surface area (Å²) in [7, 11) is 1.44. The van der Waals surface area contributed by atoms with Gasteiger partial charge in [0, 0.05) is 6.42 Å². The van der Waals surface area contributed by atoms with Crippen LogP contribution in [0.2, 0.25) is 0 Å². The molecule has 1 aromatic rings. The molecule has 0 radical (unpaired) electrons. The fraction of sp³-hybridized carbons (Fsp3) is 0.636. The zero-order chi connectivity index (χ0) is 22.2. The van der Waals surface area contributed by atoms with E-state index >= 15 is 0 Å². The summed E-state index contributed by atoms with van der Waals surface area (Å²) in [5, 5.41) is 16.6. The summed E-state index contributed by atoms with van der Waals surface area (Å²) in [6.45, 7) is 2.23. The van der Waals surface area contributed by atoms with E-state index in [0.29, 0.717) is 12.2 Å². The topological polar surface area (TPSA) is 93.5 Å². The number of nitrogens with one attached hydrogen (secondary N) is 2. The van der Waals surface area contributed by atoms with Gasteiger partial charge in [-0.3, -0.25) is 14.9 Å². The van der Waals surface area contributed by atoms with Gasteiger partial charge in [-0.15, -0.1) is 0 Å². The summed E-state index contributed by atoms with van der Waals surface area (Å²) in [6, 6.07) is 4.39. The van der Waals surface area contributed by atoms with Gasteiger partial charge in [-0.05, 0) is 30.8 Å². The van der Waals surface area contributed by atoms with Gasteiger partial charge in [0.25, 0.3) is 5.69 Å². The molecule has 0 spiro atoms. The van der Waals surface area contributed by atoms with E-state index in [1.807, 2.05) is 0 Å². The summed E-state index contributed by atoms with van der Waals surface area (Å²) in [5.74, 6) is 0.193. The van der Waals surface area contributed by atoms with E-state index in [9.17, 15) is 14.9 Å². The normalized spacial score (nSPS) is 10.5. The molecule has 0 bridgehead atoms. The summed E-state index contributed by atoms with van der Waals surface area (Å²) >= 11 is 5.11. The van der Waals surface area contributed by atoms with Crippen LogP contribution in [-0.4, -0.2) is 23.1 Å². The zero-order valence-electron chi connectivity index (χ0n) is 18.2. The third-order valence-electron chi connectivity index (χ3n) is 4.91. The molecule has 0 heterocycles. The lowest BCUT2D eigenvalue weighted by atomic mass is 10.1. The van der Waals surface area contributed by atoms with Crippen LogP contribution in [0.25, 0.3) is 0 Å². The van der Waals surface area contributed by atoms with Crippen molar-refractivity contribution in [1.82, 2.24) is 5.32 Å². The largest absolute Gasteiger partial charge is 0.496 e. The number of anilines is 1. The number of thiocarbonyl (C=S) groups is 1. The Bertz CT molecular complexity index is 682. The smallest absolute Gasteiger partial charge is 0.296 e. The van der Waals surface area contributed by atoms with Crippen LogP contribution in [0.1, 0.15) is 84.0 Å². The molecular weight excluding hydrogens is 402 g/mol. The van der Waals surface area contributed by atoms with Crippen molar-refractivity contribution in [2.75, 3.05) is 12.4 Å². The number of rotatable bonds is 15. The minimum atomic E-state index is -0.527. The first-order chi connectivity index (χ1) is 14.5. The number of benzene rings is 1. The first-order valence-electron chi connectivity index (χ1n) is 10.9. The highest BCUT2D eigenvalue weighted by Crippen LogP contribution is 2.28. The van der Waals surface area contributed by atoms with Crippen molar-refractivity contribution in [2.24, 2.45) is 0 Å². The van der Waals surface area contributed by atoms with Gasteiger partial charge in [-0.25, -0.2) is 0 Å². The number of hydrogen-bond acceptors (Lipinski definition) is 5. The van der Waals surface area contributed by atoms with Crippen molar-refractivity contribution in [2.45, 2.75) is 84.0 Å². The molecule has 1 amide bonds. The second-order valence-corrected chi connectivity index (χ2v) is 7.84. The monoisotopic (exact) mass is 437 g/mol. The van der Waals surface area contributed by atoms with Crippen molar-refractivity contribution in [3.63, 3.8) is 0 Å². The van der Waals surface area contributed by atoms with Crippen LogP contribution in [0.5, 0.6) is 5.75 Å². The van der Waals surface area contributed by atoms with Crippen molar-refractivity contribution in [1.29, 1.82) is 0 Å². The Balaban J connectivity index is 2.19. The van der Waals surface area contributed by atoms with Gasteiger partial charge in [0.2, 0.25) is 5.91 Å². The number of ether oxygens (including phenoxy) is 1. The average Bonchev–Trinajstić information content (AvgIpc) is 2.72. The molecule has 0 saturated carbocycles. The number of unbranched alkanes of at least 4 members (excludes halogenated alkanes) is 10. The summed E-state index contributed by atoms with van der Waals surface area (Å²) in [6.07, 6.45) is 13.8. The van der Waals surface area contributed by atoms with Gasteiger partial charge in [0.15, 0.2) is 5.11 Å². The van der Waals surface area contributed by atoms with Gasteiger partial charge in [-0.2, -0.15) is 0 Å². The Morgan fingerprint density at radius 3 is 2.13 bits per heavy atom. The second kappa shape index (κ2) is 15.6. The molecular formula is C22H35N3O4S. The van der Waals surface area contributed by atoms with Crippen LogP contribution in [0.3, 0.4) is 0 Å². The average molecular weight is 438 g/mol. The highest BCUT2D eigenvalue weighted by molar-refractivity contribution is 7.80. The summed E-state index contributed by atoms with van der Waals surface area (Å²) in [4.78, 5) is 22.7. The predicted molar refractivity (Wildman–Crippen MR) is 125 cm³/mol. The van der Waals surface area contributed by atoms with Crippen LogP contribution in [0, 0.1) is 10.1 Å². The lowest BCUT2D eigenvalue weighted by Crippen LogP contribution is -2.34. The number of nitrogens with zero attached hydrogens (tertiary/aromatic N) is 1. The molecule has 168 valence electrons. The van der Waals surface area contributed by atoms with E-state index in [1.54, 1.807) is 6.07 Å². The van der Waals surface area contributed by atoms with Crippen molar-refractivity contribution in [3.8, 4) is 5.75 Å². The van der Waals surface area contributed by atoms with Crippen LogP contribution in [0.4, 0.5) is 11.4 Å². The minimum absolute atomic E-state index is 0.0522. The standard InChI is InChI=1S/C22H35N3O4S/c1-3-4-5-6-7-8-9-10-11-12-13-14-21(26)24-22(30)23-19-16-15-18(29-2)17-20(19)25(27)28/h15-17H,3-14H2,1-2H3,(H2,23,24,26,30). The SMILES string of the molecule is CCCCCCCCCCCCCC(=O)NC(=S)Nc1ccc(OC)cc1[N+](=O)[O-]. The Morgan fingerprint density at radius 2 is 1.60 bits per heavy atom. The summed E-state index contributed by atoms with van der Waals surface area (Å²) in [5.41, 5.74) is 0.0390. The lowest BCUT2D eigenvalue weighted by molar-refractivity contribution is -0.384. The maximum Gasteiger partial charge on any atom is 0.296 e. The second-order valence-electron chi connectivity index (χ2n) is 7.43. The maximum atomic E-state index is 12.0. The number of nitro benzene ring substituents is 1. The molecule has 0 aromatic heterocycles. The number of carbonyl (C=O) groups excluding carboxylic acids is 1. The van der Waals surface area contributed by atoms with Gasteiger partial charge < -0.3 is 15.4 Å². The van der Waals surface area contributed by atoms with E-state index in [0.717, 1.165) is 19.3 Å². The number of nitro groups is 1. The van der Waals surface area contributed by atoms with Crippen molar-refractivity contribution < 1.29 is 14.5 Å². The molecule has 0 aliphatic heterocycles. The van der Waals surface area contributed by atoms with E-state index in [1.165, 1.54) is 70.6 Å². The van der Waals surface area contributed by atoms with Gasteiger partial charge in [-0.1, -0.05) is 71.1 Å². The number of methoxy groups -OCH3 is 1. The Kier molecular flexibility index (Phi) is 13.4. The third-order valence-corrected chi connectivity index (χ3v) is 5.11. The molecule has 0 aliphatic rings. The van der Waals surface area contributed by atoms with E-state index in [-0.39, 0.29) is 22.4 Å². The highest BCUT2D eigenvalue weighted by Gasteiger charge is 2.16. The highest BCUT2D eigenvalue weighted by atomic mass is 32.1. The number of hydrogen-bond donors (Lipinski definition) is 2. The van der Waals surface area contributed by atoms with E-state index in [2.05, 4.69) is 17.6 Å². The van der Waals surface area contributed by atoms with E-state index < -0.39 is 4.92 Å². The maximum absolute atomic E-state index is 12.0. The molecule has 2 N–H and O–H groups in total. The molecule has 0 atom stereocenters. The third kappa shape index (κ3) is 11.1. The fourth-order valence-corrected chi connectivity index (χ4v) is 3.41. The molecule has 8 heteroatoms.